The summed E-state index contributed by atoms with van der Waals surface area (Å²) in [5.74, 6) is -1.09. The van der Waals surface area contributed by atoms with Gasteiger partial charge in [0.2, 0.25) is 0 Å². The molecule has 3 atom stereocenters. The van der Waals surface area contributed by atoms with Crippen LogP contribution in [-0.4, -0.2) is 33.3 Å². The van der Waals surface area contributed by atoms with Crippen molar-refractivity contribution in [3.63, 3.8) is 0 Å². The van der Waals surface area contributed by atoms with Crippen LogP contribution in [0, 0.1) is 11.2 Å². The van der Waals surface area contributed by atoms with E-state index in [2.05, 4.69) is 25.9 Å². The predicted octanol–water partition coefficient (Wildman–Crippen LogP) is 3.33. The second kappa shape index (κ2) is 7.67. The van der Waals surface area contributed by atoms with Crippen molar-refractivity contribution in [1.29, 1.82) is 0 Å². The van der Waals surface area contributed by atoms with Crippen LogP contribution in [0.1, 0.15) is 44.9 Å². The van der Waals surface area contributed by atoms with Gasteiger partial charge in [-0.2, -0.15) is 0 Å². The minimum absolute atomic E-state index is 0.0244. The van der Waals surface area contributed by atoms with Crippen LogP contribution in [0.3, 0.4) is 0 Å². The van der Waals surface area contributed by atoms with Gasteiger partial charge in [0.1, 0.15) is 6.17 Å². The molecule has 9 heteroatoms. The first-order chi connectivity index (χ1) is 13.9. The van der Waals surface area contributed by atoms with Crippen molar-refractivity contribution in [3.05, 3.63) is 46.9 Å². The Balaban J connectivity index is 1.64. The number of aromatic nitrogens is 2. The zero-order chi connectivity index (χ0) is 20.6. The van der Waals surface area contributed by atoms with Crippen molar-refractivity contribution in [2.24, 2.45) is 5.41 Å². The Morgan fingerprint density at radius 3 is 2.97 bits per heavy atom. The number of allylic oxidation sites excluding steroid dienone is 2. The quantitative estimate of drug-likeness (QED) is 0.581. The van der Waals surface area contributed by atoms with Crippen molar-refractivity contribution in [1.82, 2.24) is 20.6 Å². The van der Waals surface area contributed by atoms with Gasteiger partial charge in [-0.05, 0) is 25.3 Å². The van der Waals surface area contributed by atoms with E-state index in [9.17, 15) is 14.3 Å². The molecule has 1 unspecified atom stereocenters. The van der Waals surface area contributed by atoms with E-state index >= 15 is 0 Å². The van der Waals surface area contributed by atoms with Crippen molar-refractivity contribution in [2.45, 2.75) is 51.2 Å². The number of carboxylic acids is 1. The molecule has 2 aliphatic heterocycles. The van der Waals surface area contributed by atoms with Gasteiger partial charge in [0.05, 0.1) is 16.6 Å². The first-order valence-electron chi connectivity index (χ1n) is 9.77. The Kier molecular flexibility index (Phi) is 5.21. The monoisotopic (exact) mass is 419 g/mol. The topological polar surface area (TPSA) is 99.2 Å². The molecule has 1 aromatic rings. The molecule has 154 valence electrons. The third-order valence-corrected chi connectivity index (χ3v) is 6.30. The highest BCUT2D eigenvalue weighted by atomic mass is 35.5. The fraction of sp³-hybridized carbons (Fsp3) is 0.450. The van der Waals surface area contributed by atoms with Crippen LogP contribution in [0.4, 0.5) is 10.2 Å². The Morgan fingerprint density at radius 1 is 1.41 bits per heavy atom. The van der Waals surface area contributed by atoms with Gasteiger partial charge in [0.15, 0.2) is 17.5 Å². The van der Waals surface area contributed by atoms with Crippen molar-refractivity contribution < 1.29 is 14.3 Å². The molecule has 0 aromatic carbocycles. The lowest BCUT2D eigenvalue weighted by molar-refractivity contribution is -0.152. The van der Waals surface area contributed by atoms with Crippen LogP contribution < -0.4 is 16.0 Å². The van der Waals surface area contributed by atoms with Gasteiger partial charge in [-0.15, -0.1) is 0 Å². The molecule has 1 aromatic heterocycles. The number of aliphatic carboxylic acids is 1. The first-order valence-corrected chi connectivity index (χ1v) is 10.1. The highest BCUT2D eigenvalue weighted by Gasteiger charge is 2.46. The zero-order valence-electron chi connectivity index (χ0n) is 16.0. The number of carboxylic acid groups (broad SMARTS) is 1. The predicted molar refractivity (Wildman–Crippen MR) is 108 cm³/mol. The van der Waals surface area contributed by atoms with Gasteiger partial charge in [0.25, 0.3) is 0 Å². The molecule has 0 saturated heterocycles. The van der Waals surface area contributed by atoms with Gasteiger partial charge in [-0.3, -0.25) is 4.79 Å². The Bertz CT molecular complexity index is 931. The number of hydrogen-bond acceptors (Lipinski definition) is 6. The number of hydrogen-bond donors (Lipinski definition) is 4. The van der Waals surface area contributed by atoms with Crippen LogP contribution >= 0.6 is 11.6 Å². The maximum Gasteiger partial charge on any atom is 0.311 e. The average Bonchev–Trinajstić information content (AvgIpc) is 3.13. The second-order valence-corrected chi connectivity index (χ2v) is 8.04. The Hall–Kier alpha value is -2.61. The summed E-state index contributed by atoms with van der Waals surface area (Å²) in [5, 5.41) is 19.8. The zero-order valence-corrected chi connectivity index (χ0v) is 16.8. The molecule has 1 fully saturated rings. The summed E-state index contributed by atoms with van der Waals surface area (Å²) in [5.41, 5.74) is 0.644. The number of fused-ring (bicyclic) bond motifs is 1. The van der Waals surface area contributed by atoms with E-state index in [1.807, 2.05) is 13.0 Å². The maximum atomic E-state index is 14.5. The standard InChI is InChI=1S/C20H23ClFN5O2/c1-2-20(19(28)29)6-4-3-5-15(20)26-18-14(22)10-25-17(27-18)13-9-24-16-12(13)7-11(21)8-23-16/h7-10,15-16,23-24H,2-6H2,1H3,(H,28,29)(H,25,26,27)/t15-,16?,20+/m0/s1. The van der Waals surface area contributed by atoms with Gasteiger partial charge in [0, 0.05) is 29.6 Å². The third kappa shape index (κ3) is 3.46. The lowest BCUT2D eigenvalue weighted by Crippen LogP contribution is -2.48. The fourth-order valence-electron chi connectivity index (χ4n) is 4.38. The van der Waals surface area contributed by atoms with Gasteiger partial charge in [-0.25, -0.2) is 14.4 Å². The second-order valence-electron chi connectivity index (χ2n) is 7.60. The van der Waals surface area contributed by atoms with E-state index in [1.54, 1.807) is 12.4 Å². The van der Waals surface area contributed by atoms with E-state index < -0.39 is 23.2 Å². The normalized spacial score (nSPS) is 28.3. The molecular weight excluding hydrogens is 397 g/mol. The number of anilines is 1. The van der Waals surface area contributed by atoms with Gasteiger partial charge < -0.3 is 21.1 Å². The van der Waals surface area contributed by atoms with Crippen LogP contribution in [0.25, 0.3) is 5.57 Å². The minimum atomic E-state index is -0.927. The lowest BCUT2D eigenvalue weighted by atomic mass is 9.68. The largest absolute Gasteiger partial charge is 0.481 e. The third-order valence-electron chi connectivity index (χ3n) is 6.08. The van der Waals surface area contributed by atoms with E-state index in [0.29, 0.717) is 35.7 Å². The molecule has 0 spiro atoms. The Morgan fingerprint density at radius 2 is 2.21 bits per heavy atom. The summed E-state index contributed by atoms with van der Waals surface area (Å²) in [6, 6.07) is -0.396. The number of dihydropyridines is 1. The Labute approximate surface area is 173 Å². The number of nitrogens with zero attached hydrogens (tertiary/aromatic N) is 2. The molecule has 0 bridgehead atoms. The summed E-state index contributed by atoms with van der Waals surface area (Å²) in [4.78, 5) is 20.6. The highest BCUT2D eigenvalue weighted by molar-refractivity contribution is 6.31. The molecule has 1 aliphatic carbocycles. The number of nitrogens with one attached hydrogen (secondary N) is 3. The van der Waals surface area contributed by atoms with Gasteiger partial charge in [-0.1, -0.05) is 31.4 Å². The van der Waals surface area contributed by atoms with Gasteiger partial charge >= 0.3 is 5.97 Å². The van der Waals surface area contributed by atoms with E-state index in [4.69, 9.17) is 11.6 Å². The summed E-state index contributed by atoms with van der Waals surface area (Å²) in [7, 11) is 0. The van der Waals surface area contributed by atoms with E-state index in [-0.39, 0.29) is 12.0 Å². The lowest BCUT2D eigenvalue weighted by Gasteiger charge is -2.40. The molecule has 3 heterocycles. The first kappa shape index (κ1) is 19.7. The van der Waals surface area contributed by atoms with Crippen LogP contribution in [0.2, 0.25) is 0 Å². The summed E-state index contributed by atoms with van der Waals surface area (Å²) >= 11 is 6.10. The summed E-state index contributed by atoms with van der Waals surface area (Å²) < 4.78 is 14.5. The molecule has 7 nitrogen and oxygen atoms in total. The molecule has 1 saturated carbocycles. The summed E-state index contributed by atoms with van der Waals surface area (Å²) in [6.45, 7) is 1.87. The van der Waals surface area contributed by atoms with Crippen LogP contribution in [-0.2, 0) is 4.79 Å². The van der Waals surface area contributed by atoms with Crippen LogP contribution in [0.5, 0.6) is 0 Å². The molecule has 0 radical (unpaired) electrons. The van der Waals surface area contributed by atoms with Crippen LogP contribution in [0.15, 0.2) is 35.3 Å². The molecule has 3 aliphatic rings. The highest BCUT2D eigenvalue weighted by Crippen LogP contribution is 2.41. The number of rotatable bonds is 5. The molecule has 4 rings (SSSR count). The SMILES string of the molecule is CC[C@@]1(C(=O)O)CCCC[C@@H]1Nc1nc(C2=CNC3NC=C(Cl)C=C23)ncc1F. The van der Waals surface area contributed by atoms with E-state index in [0.717, 1.165) is 24.6 Å². The smallest absolute Gasteiger partial charge is 0.311 e. The molecule has 0 amide bonds. The maximum absolute atomic E-state index is 14.5. The van der Waals surface area contributed by atoms with Crippen molar-refractivity contribution >= 4 is 29.0 Å². The fourth-order valence-corrected chi connectivity index (χ4v) is 4.56. The van der Waals surface area contributed by atoms with Crippen molar-refractivity contribution in [3.8, 4) is 0 Å². The minimum Gasteiger partial charge on any atom is -0.481 e. The molecule has 4 N–H and O–H groups in total. The van der Waals surface area contributed by atoms with E-state index in [1.165, 1.54) is 0 Å². The number of carbonyl (C=O) groups is 1. The van der Waals surface area contributed by atoms with Crippen molar-refractivity contribution in [2.75, 3.05) is 5.32 Å². The molecular formula is C20H23ClFN5O2. The number of halogens is 2. The average molecular weight is 420 g/mol. The summed E-state index contributed by atoms with van der Waals surface area (Å²) in [6.07, 6.45) is 9.67. The molecule has 29 heavy (non-hydrogen) atoms.